The van der Waals surface area contributed by atoms with Gasteiger partial charge in [-0.1, -0.05) is 6.92 Å². The highest BCUT2D eigenvalue weighted by Crippen LogP contribution is 2.27. The number of alkyl carbamates (subject to hydrolysis) is 1. The Bertz CT molecular complexity index is 496. The van der Waals surface area contributed by atoms with Crippen LogP contribution in [0.15, 0.2) is 22.9 Å². The number of halogens is 1. The second-order valence-electron chi connectivity index (χ2n) is 6.56. The highest BCUT2D eigenvalue weighted by atomic mass is 79.9. The van der Waals surface area contributed by atoms with E-state index in [-0.39, 0.29) is 6.61 Å². The van der Waals surface area contributed by atoms with Gasteiger partial charge in [0.1, 0.15) is 5.60 Å². The fourth-order valence-corrected chi connectivity index (χ4v) is 2.51. The van der Waals surface area contributed by atoms with E-state index < -0.39 is 17.1 Å². The molecule has 1 amide bonds. The summed E-state index contributed by atoms with van der Waals surface area (Å²) >= 11 is 3.39. The van der Waals surface area contributed by atoms with Crippen molar-refractivity contribution in [1.29, 1.82) is 0 Å². The largest absolute Gasteiger partial charge is 0.444 e. The summed E-state index contributed by atoms with van der Waals surface area (Å²) in [5, 5.41) is 12.6. The maximum absolute atomic E-state index is 11.8. The lowest BCUT2D eigenvalue weighted by molar-refractivity contribution is 0.0461. The molecule has 0 saturated carbocycles. The maximum Gasteiger partial charge on any atom is 0.407 e. The molecule has 2 N–H and O–H groups in total. The minimum atomic E-state index is -0.535. The summed E-state index contributed by atoms with van der Waals surface area (Å²) in [4.78, 5) is 15.9. The number of aromatic nitrogens is 1. The van der Waals surface area contributed by atoms with Crippen LogP contribution in [0.4, 0.5) is 4.79 Å². The highest BCUT2D eigenvalue weighted by molar-refractivity contribution is 9.10. The molecule has 6 heteroatoms. The predicted molar refractivity (Wildman–Crippen MR) is 89.7 cm³/mol. The summed E-state index contributed by atoms with van der Waals surface area (Å²) in [6.07, 6.45) is 4.38. The number of carbonyl (C=O) groups is 1. The number of rotatable bonds is 6. The fraction of sp³-hybridized carbons (Fsp3) is 0.625. The van der Waals surface area contributed by atoms with Crippen LogP contribution in [0.1, 0.15) is 39.7 Å². The molecule has 124 valence electrons. The van der Waals surface area contributed by atoms with E-state index in [2.05, 4.69) is 26.2 Å². The van der Waals surface area contributed by atoms with Gasteiger partial charge in [0.2, 0.25) is 0 Å². The van der Waals surface area contributed by atoms with Crippen molar-refractivity contribution in [2.75, 3.05) is 13.2 Å². The zero-order chi connectivity index (χ0) is 16.8. The summed E-state index contributed by atoms with van der Waals surface area (Å²) in [5.74, 6) is 0. The number of carbonyl (C=O) groups excluding carboxylic acids is 1. The summed E-state index contributed by atoms with van der Waals surface area (Å²) < 4.78 is 6.14. The molecule has 0 aromatic carbocycles. The number of pyridine rings is 1. The van der Waals surface area contributed by atoms with Gasteiger partial charge in [0.05, 0.1) is 6.61 Å². The topological polar surface area (TPSA) is 71.5 Å². The van der Waals surface area contributed by atoms with Crippen molar-refractivity contribution in [2.45, 2.75) is 46.1 Å². The third kappa shape index (κ3) is 6.32. The van der Waals surface area contributed by atoms with E-state index in [1.807, 2.05) is 33.8 Å². The zero-order valence-corrected chi connectivity index (χ0v) is 15.2. The van der Waals surface area contributed by atoms with Crippen LogP contribution in [0.2, 0.25) is 0 Å². The number of aliphatic hydroxyl groups excluding tert-OH is 1. The minimum Gasteiger partial charge on any atom is -0.444 e. The monoisotopic (exact) mass is 372 g/mol. The summed E-state index contributed by atoms with van der Waals surface area (Å²) in [5.41, 5.74) is 0.0439. The van der Waals surface area contributed by atoms with Crippen LogP contribution in [0, 0.1) is 5.41 Å². The first kappa shape index (κ1) is 18.9. The Morgan fingerprint density at radius 3 is 2.59 bits per heavy atom. The molecule has 1 aromatic rings. The number of ether oxygens (including phenoxy) is 1. The van der Waals surface area contributed by atoms with E-state index in [4.69, 9.17) is 4.74 Å². The summed E-state index contributed by atoms with van der Waals surface area (Å²) in [6.45, 7) is 7.78. The van der Waals surface area contributed by atoms with Crippen LogP contribution < -0.4 is 5.32 Å². The van der Waals surface area contributed by atoms with Crippen molar-refractivity contribution in [3.8, 4) is 0 Å². The number of hydrogen-bond donors (Lipinski definition) is 2. The third-order valence-electron chi connectivity index (χ3n) is 3.43. The van der Waals surface area contributed by atoms with Crippen molar-refractivity contribution in [1.82, 2.24) is 10.3 Å². The normalized spacial score (nSPS) is 14.3. The Kier molecular flexibility index (Phi) is 6.81. The molecule has 0 bridgehead atoms. The molecule has 1 unspecified atom stereocenters. The molecular weight excluding hydrogens is 348 g/mol. The standard InChI is InChI=1S/C16H25BrN2O3/c1-5-16(11-20,7-12-6-13(17)9-18-8-12)10-19-14(21)22-15(2,3)4/h6,8-9,20H,5,7,10-11H2,1-4H3,(H,19,21). The smallest absolute Gasteiger partial charge is 0.407 e. The van der Waals surface area contributed by atoms with Crippen LogP contribution in [-0.4, -0.2) is 34.9 Å². The third-order valence-corrected chi connectivity index (χ3v) is 3.87. The Morgan fingerprint density at radius 1 is 1.41 bits per heavy atom. The van der Waals surface area contributed by atoms with Crippen molar-refractivity contribution in [2.24, 2.45) is 5.41 Å². The molecule has 5 nitrogen and oxygen atoms in total. The number of hydrogen-bond acceptors (Lipinski definition) is 4. The van der Waals surface area contributed by atoms with Gasteiger partial charge >= 0.3 is 6.09 Å². The molecular formula is C16H25BrN2O3. The van der Waals surface area contributed by atoms with Crippen LogP contribution in [-0.2, 0) is 11.2 Å². The first-order chi connectivity index (χ1) is 10.2. The van der Waals surface area contributed by atoms with E-state index in [9.17, 15) is 9.90 Å². The molecule has 0 radical (unpaired) electrons. The molecule has 0 fully saturated rings. The van der Waals surface area contributed by atoms with Crippen molar-refractivity contribution in [3.63, 3.8) is 0 Å². The van der Waals surface area contributed by atoms with Crippen molar-refractivity contribution >= 4 is 22.0 Å². The maximum atomic E-state index is 11.8. The quantitative estimate of drug-likeness (QED) is 0.803. The first-order valence-corrected chi connectivity index (χ1v) is 8.16. The average Bonchev–Trinajstić information content (AvgIpc) is 2.42. The lowest BCUT2D eigenvalue weighted by Gasteiger charge is -2.31. The summed E-state index contributed by atoms with van der Waals surface area (Å²) in [7, 11) is 0. The van der Waals surface area contributed by atoms with Crippen LogP contribution in [0.5, 0.6) is 0 Å². The molecule has 1 rings (SSSR count). The molecule has 0 spiro atoms. The van der Waals surface area contributed by atoms with E-state index >= 15 is 0 Å². The van der Waals surface area contributed by atoms with E-state index in [0.717, 1.165) is 16.5 Å². The molecule has 0 saturated heterocycles. The first-order valence-electron chi connectivity index (χ1n) is 7.37. The van der Waals surface area contributed by atoms with Gasteiger partial charge in [0.15, 0.2) is 0 Å². The lowest BCUT2D eigenvalue weighted by atomic mass is 9.80. The minimum absolute atomic E-state index is 0.0220. The fourth-order valence-electron chi connectivity index (χ4n) is 2.10. The average molecular weight is 373 g/mol. The van der Waals surface area contributed by atoms with Crippen LogP contribution in [0.3, 0.4) is 0 Å². The Labute approximate surface area is 140 Å². The van der Waals surface area contributed by atoms with E-state index in [1.165, 1.54) is 0 Å². The van der Waals surface area contributed by atoms with Gasteiger partial charge < -0.3 is 15.2 Å². The van der Waals surface area contributed by atoms with Crippen LogP contribution in [0.25, 0.3) is 0 Å². The van der Waals surface area contributed by atoms with Gasteiger partial charge in [-0.15, -0.1) is 0 Å². The van der Waals surface area contributed by atoms with Gasteiger partial charge in [0.25, 0.3) is 0 Å². The number of aliphatic hydroxyl groups is 1. The molecule has 1 heterocycles. The van der Waals surface area contributed by atoms with E-state index in [0.29, 0.717) is 13.0 Å². The second-order valence-corrected chi connectivity index (χ2v) is 7.47. The molecule has 1 atom stereocenters. The van der Waals surface area contributed by atoms with E-state index in [1.54, 1.807) is 12.4 Å². The summed E-state index contributed by atoms with van der Waals surface area (Å²) in [6, 6.07) is 1.97. The second kappa shape index (κ2) is 7.92. The van der Waals surface area contributed by atoms with Gasteiger partial charge in [-0.2, -0.15) is 0 Å². The Hall–Kier alpha value is -1.14. The SMILES string of the molecule is CCC(CO)(CNC(=O)OC(C)(C)C)Cc1cncc(Br)c1. The Balaban J connectivity index is 2.72. The molecule has 0 aliphatic rings. The molecule has 1 aromatic heterocycles. The zero-order valence-electron chi connectivity index (χ0n) is 13.6. The van der Waals surface area contributed by atoms with Crippen molar-refractivity contribution in [3.05, 3.63) is 28.5 Å². The highest BCUT2D eigenvalue weighted by Gasteiger charge is 2.29. The molecule has 22 heavy (non-hydrogen) atoms. The van der Waals surface area contributed by atoms with Gasteiger partial charge in [-0.25, -0.2) is 4.79 Å². The molecule has 0 aliphatic heterocycles. The van der Waals surface area contributed by atoms with Gasteiger partial charge in [0, 0.05) is 28.8 Å². The number of nitrogens with one attached hydrogen (secondary N) is 1. The number of amides is 1. The van der Waals surface area contributed by atoms with Gasteiger partial charge in [-0.05, 0) is 61.2 Å². The predicted octanol–water partition coefficient (Wildman–Crippen LogP) is 3.30. The van der Waals surface area contributed by atoms with Crippen LogP contribution >= 0.6 is 15.9 Å². The lowest BCUT2D eigenvalue weighted by Crippen LogP contribution is -2.43. The van der Waals surface area contributed by atoms with Crippen molar-refractivity contribution < 1.29 is 14.6 Å². The Morgan fingerprint density at radius 2 is 2.09 bits per heavy atom. The molecule has 0 aliphatic carbocycles. The number of nitrogens with zero attached hydrogens (tertiary/aromatic N) is 1. The van der Waals surface area contributed by atoms with Gasteiger partial charge in [-0.3, -0.25) is 4.98 Å².